The molecule has 5 unspecified atom stereocenters. The molecular weight excluding hydrogens is 502 g/mol. The first kappa shape index (κ1) is 22.3. The number of nitrogens with one attached hydrogen (secondary N) is 4. The molecule has 3 aromatic heterocycles. The summed E-state index contributed by atoms with van der Waals surface area (Å²) in [6.45, 7) is 0.671. The summed E-state index contributed by atoms with van der Waals surface area (Å²) in [5.41, 5.74) is 3.30. The summed E-state index contributed by atoms with van der Waals surface area (Å²) in [7, 11) is 1.69. The monoisotopic (exact) mass is 525 g/mol. The molecule has 3 amide bonds. The minimum Gasteiger partial charge on any atom is -0.408 e. The molecule has 4 N–H and O–H groups in total. The van der Waals surface area contributed by atoms with Crippen molar-refractivity contribution in [3.8, 4) is 0 Å². The van der Waals surface area contributed by atoms with E-state index in [-0.39, 0.29) is 40.6 Å². The average Bonchev–Trinajstić information content (AvgIpc) is 3.57. The number of oxazole rings is 1. The zero-order chi connectivity index (χ0) is 26.7. The lowest BCUT2D eigenvalue weighted by molar-refractivity contribution is -0.305. The number of rotatable bonds is 7. The summed E-state index contributed by atoms with van der Waals surface area (Å²) in [5, 5.41) is 12.9. The molecule has 39 heavy (non-hydrogen) atoms. The second-order valence-electron chi connectivity index (χ2n) is 10.9. The minimum atomic E-state index is -0.543. The SMILES string of the molecule is CNC(=O)C12CC3C1C1C2=CC31CNC(=O)c1cc(C(=O)NCc2ccc3oc(=O)[nH]c3c2)nc2ccnn12. The summed E-state index contributed by atoms with van der Waals surface area (Å²) < 4.78 is 6.43. The van der Waals surface area contributed by atoms with Gasteiger partial charge in [-0.05, 0) is 41.9 Å². The molecule has 0 spiro atoms. The van der Waals surface area contributed by atoms with Crippen LogP contribution in [0.15, 0.2) is 57.4 Å². The van der Waals surface area contributed by atoms with E-state index >= 15 is 0 Å². The Morgan fingerprint density at radius 1 is 1.18 bits per heavy atom. The third-order valence-corrected chi connectivity index (χ3v) is 9.40. The molecule has 8 rings (SSSR count). The third-order valence-electron chi connectivity index (χ3n) is 9.40. The van der Waals surface area contributed by atoms with Gasteiger partial charge in [-0.2, -0.15) is 5.10 Å². The maximum atomic E-state index is 13.3. The van der Waals surface area contributed by atoms with Gasteiger partial charge in [-0.1, -0.05) is 17.7 Å². The van der Waals surface area contributed by atoms with Crippen molar-refractivity contribution in [2.45, 2.75) is 13.0 Å². The molecule has 4 aliphatic rings. The van der Waals surface area contributed by atoms with Gasteiger partial charge in [0.25, 0.3) is 11.8 Å². The van der Waals surface area contributed by atoms with Gasteiger partial charge in [0, 0.05) is 37.7 Å². The fraction of sp³-hybridized carbons (Fsp3) is 0.333. The Kier molecular flexibility index (Phi) is 4.12. The lowest BCUT2D eigenvalue weighted by Gasteiger charge is -2.89. The van der Waals surface area contributed by atoms with E-state index in [0.29, 0.717) is 41.0 Å². The minimum absolute atomic E-state index is 0.0672. The zero-order valence-electron chi connectivity index (χ0n) is 20.8. The number of fused-ring (bicyclic) bond motifs is 4. The number of hydrogen-bond donors (Lipinski definition) is 4. The maximum Gasteiger partial charge on any atom is 0.417 e. The Morgan fingerprint density at radius 2 is 2.05 bits per heavy atom. The Balaban J connectivity index is 0.989. The molecular formula is C27H23N7O5. The number of hydrogen-bond acceptors (Lipinski definition) is 7. The Morgan fingerprint density at radius 3 is 2.79 bits per heavy atom. The number of nitrogens with zero attached hydrogens (tertiary/aromatic N) is 3. The maximum absolute atomic E-state index is 13.3. The van der Waals surface area contributed by atoms with Gasteiger partial charge in [-0.3, -0.25) is 19.4 Å². The van der Waals surface area contributed by atoms with Crippen LogP contribution in [0.1, 0.15) is 33.0 Å². The highest BCUT2D eigenvalue weighted by Crippen LogP contribution is 2.91. The van der Waals surface area contributed by atoms with Crippen molar-refractivity contribution >= 4 is 34.5 Å². The first-order chi connectivity index (χ1) is 18.9. The van der Waals surface area contributed by atoms with Crippen LogP contribution in [-0.2, 0) is 11.3 Å². The highest BCUT2D eigenvalue weighted by Gasteiger charge is 2.90. The van der Waals surface area contributed by atoms with Crippen LogP contribution in [0.5, 0.6) is 0 Å². The molecule has 3 fully saturated rings. The van der Waals surface area contributed by atoms with Crippen molar-refractivity contribution in [2.75, 3.05) is 13.6 Å². The normalized spacial score (nSPS) is 28.7. The first-order valence-corrected chi connectivity index (χ1v) is 12.8. The molecule has 4 aromatic rings. The van der Waals surface area contributed by atoms with E-state index in [2.05, 4.69) is 37.1 Å². The van der Waals surface area contributed by atoms with Gasteiger partial charge >= 0.3 is 5.76 Å². The molecule has 3 heterocycles. The van der Waals surface area contributed by atoms with Crippen molar-refractivity contribution in [3.63, 3.8) is 0 Å². The predicted octanol–water partition coefficient (Wildman–Crippen LogP) is 0.762. The summed E-state index contributed by atoms with van der Waals surface area (Å²) in [5.74, 6) is -0.0164. The van der Waals surface area contributed by atoms with Crippen molar-refractivity contribution in [1.29, 1.82) is 0 Å². The number of aromatic amines is 1. The quantitative estimate of drug-likeness (QED) is 0.259. The zero-order valence-corrected chi connectivity index (χ0v) is 20.8. The van der Waals surface area contributed by atoms with Crippen LogP contribution in [0.4, 0.5) is 0 Å². The van der Waals surface area contributed by atoms with E-state index in [0.717, 1.165) is 12.0 Å². The van der Waals surface area contributed by atoms with Crippen LogP contribution in [0.2, 0.25) is 0 Å². The molecule has 12 nitrogen and oxygen atoms in total. The van der Waals surface area contributed by atoms with Crippen LogP contribution in [0.3, 0.4) is 0 Å². The molecule has 0 aliphatic heterocycles. The fourth-order valence-electron chi connectivity index (χ4n) is 7.65. The Hall–Kier alpha value is -4.74. The number of H-pyrrole nitrogens is 1. The highest BCUT2D eigenvalue weighted by molar-refractivity contribution is 5.98. The van der Waals surface area contributed by atoms with Gasteiger partial charge in [0.2, 0.25) is 5.91 Å². The number of amides is 3. The summed E-state index contributed by atoms with van der Waals surface area (Å²) in [4.78, 5) is 57.1. The van der Waals surface area contributed by atoms with Crippen molar-refractivity contribution < 1.29 is 18.8 Å². The number of benzene rings is 1. The molecule has 4 aliphatic carbocycles. The Labute approximate surface area is 219 Å². The second-order valence-corrected chi connectivity index (χ2v) is 10.9. The fourth-order valence-corrected chi connectivity index (χ4v) is 7.65. The number of carbonyl (C=O) groups excluding carboxylic acids is 3. The number of aromatic nitrogens is 4. The molecule has 1 aromatic carbocycles. The molecule has 3 saturated carbocycles. The van der Waals surface area contributed by atoms with Gasteiger partial charge < -0.3 is 20.4 Å². The van der Waals surface area contributed by atoms with Crippen molar-refractivity contribution in [1.82, 2.24) is 35.5 Å². The highest BCUT2D eigenvalue weighted by atomic mass is 16.4. The molecule has 5 atom stereocenters. The average molecular weight is 526 g/mol. The van der Waals surface area contributed by atoms with Gasteiger partial charge in [-0.15, -0.1) is 0 Å². The van der Waals surface area contributed by atoms with Crippen molar-refractivity contribution in [2.24, 2.45) is 28.6 Å². The van der Waals surface area contributed by atoms with Gasteiger partial charge in [0.1, 0.15) is 11.4 Å². The lowest BCUT2D eigenvalue weighted by Crippen LogP contribution is -2.88. The molecule has 0 radical (unpaired) electrons. The molecule has 196 valence electrons. The van der Waals surface area contributed by atoms with Crippen LogP contribution < -0.4 is 21.7 Å². The first-order valence-electron chi connectivity index (χ1n) is 12.8. The van der Waals surface area contributed by atoms with E-state index in [1.807, 2.05) is 0 Å². The summed E-state index contributed by atoms with van der Waals surface area (Å²) >= 11 is 0. The van der Waals surface area contributed by atoms with E-state index in [1.54, 1.807) is 31.3 Å². The van der Waals surface area contributed by atoms with Gasteiger partial charge in [-0.25, -0.2) is 14.3 Å². The topological polar surface area (TPSA) is 163 Å². The third kappa shape index (κ3) is 2.63. The molecule has 12 heteroatoms. The largest absolute Gasteiger partial charge is 0.417 e. The van der Waals surface area contributed by atoms with E-state index in [4.69, 9.17) is 4.42 Å². The van der Waals surface area contributed by atoms with Gasteiger partial charge in [0.05, 0.1) is 17.1 Å². The van der Waals surface area contributed by atoms with E-state index < -0.39 is 11.7 Å². The molecule has 0 bridgehead atoms. The van der Waals surface area contributed by atoms with Crippen LogP contribution in [-0.4, -0.2) is 50.9 Å². The predicted molar refractivity (Wildman–Crippen MR) is 135 cm³/mol. The smallest absolute Gasteiger partial charge is 0.408 e. The lowest BCUT2D eigenvalue weighted by atomic mass is 9.14. The number of carbonyl (C=O) groups is 3. The van der Waals surface area contributed by atoms with Crippen LogP contribution in [0, 0.1) is 28.6 Å². The van der Waals surface area contributed by atoms with Gasteiger partial charge in [0.15, 0.2) is 11.2 Å². The summed E-state index contributed by atoms with van der Waals surface area (Å²) in [6.07, 6.45) is 4.58. The van der Waals surface area contributed by atoms with Crippen molar-refractivity contribution in [3.05, 3.63) is 75.7 Å². The molecule has 0 saturated heterocycles. The standard InChI is InChI=1S/C27H23N7O5/c1-28-24(37)27-9-13-21(27)20-14(27)8-26(13,20)11-30-23(36)17-7-16(32-19-4-5-31-34(17)19)22(35)29-10-12-2-3-18-15(6-12)33-25(38)39-18/h2-8,13,20-21H,9-11H2,1H3,(H,28,37)(H,29,35)(H,30,36)(H,33,38). The summed E-state index contributed by atoms with van der Waals surface area (Å²) in [6, 6.07) is 8.20. The van der Waals surface area contributed by atoms with Crippen LogP contribution >= 0.6 is 0 Å². The van der Waals surface area contributed by atoms with E-state index in [1.165, 1.54) is 22.4 Å². The Bertz CT molecular complexity index is 1870. The van der Waals surface area contributed by atoms with E-state index in [9.17, 15) is 19.2 Å². The van der Waals surface area contributed by atoms with Crippen LogP contribution in [0.25, 0.3) is 16.7 Å². The second kappa shape index (κ2) is 7.22.